The zero-order valence-corrected chi connectivity index (χ0v) is 24.6. The second kappa shape index (κ2) is 12.8. The third-order valence-electron chi connectivity index (χ3n) is 8.36. The second-order valence-corrected chi connectivity index (χ2v) is 17.7. The highest BCUT2D eigenvalue weighted by molar-refractivity contribution is 6.81. The third kappa shape index (κ3) is 7.91. The summed E-state index contributed by atoms with van der Waals surface area (Å²) < 4.78 is 0. The molecule has 9 heteroatoms. The van der Waals surface area contributed by atoms with E-state index in [4.69, 9.17) is 12.7 Å². The van der Waals surface area contributed by atoms with Crippen LogP contribution in [0.1, 0.15) is 51.2 Å². The molecule has 7 nitrogen and oxygen atoms in total. The van der Waals surface area contributed by atoms with Gasteiger partial charge in [-0.05, 0) is 41.0 Å². The molecule has 1 heterocycles. The number of rotatable bonds is 11. The van der Waals surface area contributed by atoms with Crippen molar-refractivity contribution >= 4 is 39.5 Å². The van der Waals surface area contributed by atoms with Crippen molar-refractivity contribution in [2.75, 3.05) is 0 Å². The van der Waals surface area contributed by atoms with Crippen molar-refractivity contribution in [2.45, 2.75) is 82.6 Å². The van der Waals surface area contributed by atoms with Crippen LogP contribution in [0.5, 0.6) is 0 Å². The average Bonchev–Trinajstić information content (AvgIpc) is 3.18. The molecule has 3 atom stereocenters. The van der Waals surface area contributed by atoms with Crippen LogP contribution in [0.15, 0.2) is 60.7 Å². The van der Waals surface area contributed by atoms with Crippen molar-refractivity contribution in [3.63, 3.8) is 0 Å². The molecule has 1 fully saturated rings. The van der Waals surface area contributed by atoms with E-state index < -0.39 is 37.6 Å². The lowest BCUT2D eigenvalue weighted by Gasteiger charge is -2.48. The molecule has 2 aromatic carbocycles. The molecule has 39 heavy (non-hydrogen) atoms. The molecular weight excluding hydrogens is 507 g/mol. The molecular formula is C30H39BN2O5Si. The number of hydroxylamine groups is 2. The van der Waals surface area contributed by atoms with Crippen LogP contribution < -0.4 is 5.32 Å². The van der Waals surface area contributed by atoms with Gasteiger partial charge in [0.05, 0.1) is 14.0 Å². The Morgan fingerprint density at radius 2 is 1.41 bits per heavy atom. The van der Waals surface area contributed by atoms with E-state index in [1.165, 1.54) is 0 Å². The van der Waals surface area contributed by atoms with Crippen molar-refractivity contribution in [3.05, 3.63) is 71.8 Å². The number of hydrogen-bond donors (Lipinski definition) is 1. The third-order valence-corrected chi connectivity index (χ3v) is 14.7. The Morgan fingerprint density at radius 1 is 0.923 bits per heavy atom. The average molecular weight is 547 g/mol. The zero-order chi connectivity index (χ0) is 28.8. The normalized spacial score (nSPS) is 16.5. The van der Waals surface area contributed by atoms with Gasteiger partial charge in [0.2, 0.25) is 7.85 Å². The molecule has 1 aliphatic heterocycles. The topological polar surface area (TPSA) is 92.8 Å². The fraction of sp³-hybridized carbons (Fsp3) is 0.467. The summed E-state index contributed by atoms with van der Waals surface area (Å²) in [4.78, 5) is 55.8. The Labute approximate surface area is 234 Å². The van der Waals surface area contributed by atoms with Crippen LogP contribution in [-0.2, 0) is 32.1 Å². The van der Waals surface area contributed by atoms with Crippen LogP contribution in [0.4, 0.5) is 4.79 Å². The van der Waals surface area contributed by atoms with Gasteiger partial charge in [-0.1, -0.05) is 94.5 Å². The van der Waals surface area contributed by atoms with Crippen LogP contribution in [0, 0.1) is 5.92 Å². The molecule has 0 bridgehead atoms. The molecule has 3 amide bonds. The van der Waals surface area contributed by atoms with Crippen molar-refractivity contribution in [1.29, 1.82) is 0 Å². The molecule has 3 rings (SSSR count). The first kappa shape index (κ1) is 30.3. The Balaban J connectivity index is 2.02. The predicted octanol–water partition coefficient (Wildman–Crippen LogP) is 5.21. The summed E-state index contributed by atoms with van der Waals surface area (Å²) in [5.74, 6) is -2.91. The molecule has 2 aromatic rings. The molecule has 1 saturated heterocycles. The largest absolute Gasteiger partial charge is 0.363 e. The monoisotopic (exact) mass is 546 g/mol. The second-order valence-electron chi connectivity index (χ2n) is 12.0. The van der Waals surface area contributed by atoms with E-state index in [9.17, 15) is 19.2 Å². The first-order chi connectivity index (χ1) is 18.3. The Hall–Kier alpha value is -3.20. The van der Waals surface area contributed by atoms with Crippen molar-refractivity contribution in [3.8, 4) is 0 Å². The van der Waals surface area contributed by atoms with Gasteiger partial charge in [-0.25, -0.2) is 4.79 Å². The van der Waals surface area contributed by atoms with Gasteiger partial charge < -0.3 is 10.2 Å². The molecule has 206 valence electrons. The summed E-state index contributed by atoms with van der Waals surface area (Å²) in [5.41, 5.74) is 1.90. The molecule has 1 aliphatic rings. The van der Waals surface area contributed by atoms with E-state index in [1.807, 2.05) is 60.7 Å². The quantitative estimate of drug-likeness (QED) is 0.309. The summed E-state index contributed by atoms with van der Waals surface area (Å²) in [6, 6.07) is 19.2. The minimum absolute atomic E-state index is 0.0315. The number of benzene rings is 2. The fourth-order valence-electron chi connectivity index (χ4n) is 5.15. The van der Waals surface area contributed by atoms with Gasteiger partial charge in [0.1, 0.15) is 0 Å². The summed E-state index contributed by atoms with van der Waals surface area (Å²) in [6.07, 6.45) is 1.39. The van der Waals surface area contributed by atoms with Crippen LogP contribution in [-0.4, -0.2) is 50.6 Å². The van der Waals surface area contributed by atoms with Gasteiger partial charge in [0.15, 0.2) is 5.81 Å². The number of carbonyl (C=O) groups is 4. The number of nitrogens with one attached hydrogen (secondary N) is 1. The Morgan fingerprint density at radius 3 is 1.87 bits per heavy atom. The van der Waals surface area contributed by atoms with Gasteiger partial charge in [0.25, 0.3) is 11.8 Å². The minimum atomic E-state index is -2.24. The summed E-state index contributed by atoms with van der Waals surface area (Å²) >= 11 is 0. The van der Waals surface area contributed by atoms with Crippen LogP contribution in [0.2, 0.25) is 23.7 Å². The van der Waals surface area contributed by atoms with Crippen molar-refractivity contribution in [2.24, 2.45) is 5.92 Å². The highest BCUT2D eigenvalue weighted by Gasteiger charge is 2.47. The highest BCUT2D eigenvalue weighted by atomic mass is 28.3. The standard InChI is InChI=1S/C30H39BN2O5Si/c1-30(2,3)39(4,5)25(24(32-29(31)37)19-22-14-10-7-11-15-22)20-23(18-21-12-8-6-9-13-21)28(36)38-33-26(34)16-17-27(33)35/h6-15,23-25H,16-20H2,1-5H3,(H,32,37)/t23-,24+,25+/m0/s1. The van der Waals surface area contributed by atoms with Gasteiger partial charge in [0, 0.05) is 18.9 Å². The van der Waals surface area contributed by atoms with E-state index >= 15 is 0 Å². The molecule has 0 unspecified atom stereocenters. The SMILES string of the molecule is [B]C(=O)N[C@H](Cc1ccccc1)[C@@H](C[C@H](Cc1ccccc1)C(=O)ON1C(=O)CCC1=O)[Si](C)(C)C(C)(C)C. The van der Waals surface area contributed by atoms with E-state index in [1.54, 1.807) is 0 Å². The molecule has 0 spiro atoms. The highest BCUT2D eigenvalue weighted by Crippen LogP contribution is 2.48. The molecule has 0 aliphatic carbocycles. The van der Waals surface area contributed by atoms with Gasteiger partial charge in [-0.3, -0.25) is 14.4 Å². The minimum Gasteiger partial charge on any atom is -0.363 e. The Kier molecular flexibility index (Phi) is 9.94. The first-order valence-electron chi connectivity index (χ1n) is 13.5. The molecule has 1 N–H and O–H groups in total. The number of imide groups is 1. The maximum atomic E-state index is 13.6. The molecule has 2 radical (unpaired) electrons. The summed E-state index contributed by atoms with van der Waals surface area (Å²) in [5, 5.41) is 3.55. The van der Waals surface area contributed by atoms with E-state index in [0.717, 1.165) is 11.1 Å². The van der Waals surface area contributed by atoms with Gasteiger partial charge >= 0.3 is 5.97 Å². The van der Waals surface area contributed by atoms with Crippen LogP contribution in [0.25, 0.3) is 0 Å². The lowest BCUT2D eigenvalue weighted by Crippen LogP contribution is -2.53. The number of hydrogen-bond acceptors (Lipinski definition) is 5. The molecule has 0 saturated carbocycles. The molecule has 0 aromatic heterocycles. The van der Waals surface area contributed by atoms with Crippen molar-refractivity contribution in [1.82, 2.24) is 10.4 Å². The van der Waals surface area contributed by atoms with Gasteiger partial charge in [-0.15, -0.1) is 5.06 Å². The smallest absolute Gasteiger partial charge is 0.336 e. The lowest BCUT2D eigenvalue weighted by molar-refractivity contribution is -0.200. The lowest BCUT2D eigenvalue weighted by atomic mass is 9.90. The van der Waals surface area contributed by atoms with Crippen molar-refractivity contribution < 1.29 is 24.0 Å². The fourth-order valence-corrected chi connectivity index (χ4v) is 8.35. The summed E-state index contributed by atoms with van der Waals surface area (Å²) in [7, 11) is 3.44. The number of amides is 3. The van der Waals surface area contributed by atoms with Crippen LogP contribution in [0.3, 0.4) is 0 Å². The van der Waals surface area contributed by atoms with Gasteiger partial charge in [-0.2, -0.15) is 0 Å². The number of nitrogens with zero attached hydrogens (tertiary/aromatic N) is 1. The maximum absolute atomic E-state index is 13.6. The number of carbonyl (C=O) groups excluding carboxylic acids is 4. The predicted molar refractivity (Wildman–Crippen MR) is 155 cm³/mol. The van der Waals surface area contributed by atoms with Crippen LogP contribution >= 0.6 is 0 Å². The van der Waals surface area contributed by atoms with E-state index in [-0.39, 0.29) is 29.5 Å². The van der Waals surface area contributed by atoms with E-state index in [0.29, 0.717) is 24.3 Å². The van der Waals surface area contributed by atoms with E-state index in [2.05, 4.69) is 39.2 Å². The summed E-state index contributed by atoms with van der Waals surface area (Å²) in [6.45, 7) is 11.1. The first-order valence-corrected chi connectivity index (χ1v) is 16.6. The maximum Gasteiger partial charge on any atom is 0.336 e. The zero-order valence-electron chi connectivity index (χ0n) is 23.6. The Bertz CT molecular complexity index is 1150.